The smallest absolute Gasteiger partial charge is 0.315 e. The first-order valence-electron chi connectivity index (χ1n) is 6.04. The van der Waals surface area contributed by atoms with E-state index in [1.165, 1.54) is 6.33 Å². The summed E-state index contributed by atoms with van der Waals surface area (Å²) < 4.78 is 0. The molecular formula is C11H19N5O3. The molecule has 8 heteroatoms. The maximum Gasteiger partial charge on any atom is 0.315 e. The molecule has 0 aliphatic heterocycles. The van der Waals surface area contributed by atoms with E-state index in [1.54, 1.807) is 20.8 Å². The molecule has 2 unspecified atom stereocenters. The topological polar surface area (TPSA) is 120 Å². The third kappa shape index (κ3) is 4.57. The molecule has 0 aromatic carbocycles. The number of aromatic amines is 1. The predicted molar refractivity (Wildman–Crippen MR) is 67.3 cm³/mol. The number of hydrogen-bond acceptors (Lipinski definition) is 4. The van der Waals surface area contributed by atoms with Gasteiger partial charge in [0.25, 0.3) is 0 Å². The number of rotatable bonds is 6. The molecule has 0 spiro atoms. The molecule has 0 aliphatic carbocycles. The Morgan fingerprint density at radius 3 is 2.58 bits per heavy atom. The number of urea groups is 1. The lowest BCUT2D eigenvalue weighted by molar-refractivity contribution is -0.142. The van der Waals surface area contributed by atoms with Crippen molar-refractivity contribution in [2.75, 3.05) is 6.54 Å². The molecule has 1 rings (SSSR count). The molecule has 0 saturated heterocycles. The van der Waals surface area contributed by atoms with Gasteiger partial charge in [-0.25, -0.2) is 9.78 Å². The van der Waals surface area contributed by atoms with E-state index < -0.39 is 17.9 Å². The van der Waals surface area contributed by atoms with Crippen LogP contribution < -0.4 is 10.6 Å². The fourth-order valence-corrected chi connectivity index (χ4v) is 1.55. The highest BCUT2D eigenvalue weighted by Gasteiger charge is 2.22. The van der Waals surface area contributed by atoms with Crippen LogP contribution in [-0.4, -0.2) is 38.8 Å². The number of carbonyl (C=O) groups is 2. The standard InChI is InChI=1S/C11H19N5O3/c1-6(2)8(10(17)18)4-12-11(19)15-7(3)9-13-5-14-16-9/h5-8H,4H2,1-3H3,(H,17,18)(H2,12,15,19)(H,13,14,16). The molecule has 0 aliphatic rings. The van der Waals surface area contributed by atoms with E-state index in [9.17, 15) is 9.59 Å². The molecule has 0 saturated carbocycles. The zero-order chi connectivity index (χ0) is 14.4. The van der Waals surface area contributed by atoms with Crippen LogP contribution in [0.2, 0.25) is 0 Å². The average molecular weight is 269 g/mol. The predicted octanol–water partition coefficient (Wildman–Crippen LogP) is 0.522. The SMILES string of the molecule is CC(NC(=O)NCC(C(=O)O)C(C)C)c1ncn[nH]1. The van der Waals surface area contributed by atoms with Crippen molar-refractivity contribution in [2.45, 2.75) is 26.8 Å². The molecule has 1 aromatic rings. The number of nitrogens with one attached hydrogen (secondary N) is 3. The zero-order valence-electron chi connectivity index (χ0n) is 11.2. The van der Waals surface area contributed by atoms with E-state index in [-0.39, 0.29) is 18.5 Å². The molecule has 19 heavy (non-hydrogen) atoms. The molecule has 106 valence electrons. The van der Waals surface area contributed by atoms with Gasteiger partial charge in [-0.05, 0) is 12.8 Å². The highest BCUT2D eigenvalue weighted by atomic mass is 16.4. The van der Waals surface area contributed by atoms with Crippen LogP contribution in [0.15, 0.2) is 6.33 Å². The third-order valence-electron chi connectivity index (χ3n) is 2.80. The minimum atomic E-state index is -0.918. The van der Waals surface area contributed by atoms with Gasteiger partial charge in [0, 0.05) is 6.54 Å². The number of aliphatic carboxylic acids is 1. The van der Waals surface area contributed by atoms with Crippen molar-refractivity contribution in [1.29, 1.82) is 0 Å². The number of nitrogens with zero attached hydrogens (tertiary/aromatic N) is 2. The van der Waals surface area contributed by atoms with Crippen LogP contribution in [0.25, 0.3) is 0 Å². The lowest BCUT2D eigenvalue weighted by atomic mass is 9.96. The summed E-state index contributed by atoms with van der Waals surface area (Å²) in [6.45, 7) is 5.43. The van der Waals surface area contributed by atoms with Gasteiger partial charge in [0.2, 0.25) is 0 Å². The summed E-state index contributed by atoms with van der Waals surface area (Å²) in [4.78, 5) is 26.5. The summed E-state index contributed by atoms with van der Waals surface area (Å²) in [6, 6.07) is -0.763. The highest BCUT2D eigenvalue weighted by Crippen LogP contribution is 2.09. The van der Waals surface area contributed by atoms with Crippen LogP contribution in [0.5, 0.6) is 0 Å². The Hall–Kier alpha value is -2.12. The van der Waals surface area contributed by atoms with Gasteiger partial charge < -0.3 is 15.7 Å². The summed E-state index contributed by atoms with van der Waals surface area (Å²) in [5, 5.41) is 20.5. The second kappa shape index (κ2) is 6.72. The van der Waals surface area contributed by atoms with E-state index in [0.717, 1.165) is 0 Å². The number of carbonyl (C=O) groups excluding carboxylic acids is 1. The van der Waals surface area contributed by atoms with Gasteiger partial charge in [-0.3, -0.25) is 9.89 Å². The van der Waals surface area contributed by atoms with Crippen LogP contribution in [0.4, 0.5) is 4.79 Å². The summed E-state index contributed by atoms with van der Waals surface area (Å²) in [7, 11) is 0. The van der Waals surface area contributed by atoms with Crippen LogP contribution >= 0.6 is 0 Å². The van der Waals surface area contributed by atoms with E-state index >= 15 is 0 Å². The number of amides is 2. The Balaban J connectivity index is 2.41. The van der Waals surface area contributed by atoms with E-state index in [0.29, 0.717) is 5.82 Å². The largest absolute Gasteiger partial charge is 0.481 e. The fraction of sp³-hybridized carbons (Fsp3) is 0.636. The first-order chi connectivity index (χ1) is 8.91. The van der Waals surface area contributed by atoms with Crippen molar-refractivity contribution < 1.29 is 14.7 Å². The van der Waals surface area contributed by atoms with Gasteiger partial charge in [0.15, 0.2) is 0 Å². The number of carboxylic acid groups (broad SMARTS) is 1. The van der Waals surface area contributed by atoms with Crippen LogP contribution in [0.1, 0.15) is 32.6 Å². The Morgan fingerprint density at radius 2 is 2.11 bits per heavy atom. The van der Waals surface area contributed by atoms with Crippen molar-refractivity contribution in [1.82, 2.24) is 25.8 Å². The molecule has 2 amide bonds. The highest BCUT2D eigenvalue weighted by molar-refractivity contribution is 5.76. The minimum absolute atomic E-state index is 0.0514. The molecular weight excluding hydrogens is 250 g/mol. The van der Waals surface area contributed by atoms with Crippen molar-refractivity contribution >= 4 is 12.0 Å². The second-order valence-electron chi connectivity index (χ2n) is 4.64. The number of carboxylic acids is 1. The molecule has 0 radical (unpaired) electrons. The summed E-state index contributed by atoms with van der Waals surface area (Å²) in [5.74, 6) is -1.04. The number of H-pyrrole nitrogens is 1. The number of aromatic nitrogens is 3. The molecule has 0 bridgehead atoms. The third-order valence-corrected chi connectivity index (χ3v) is 2.80. The van der Waals surface area contributed by atoms with Gasteiger partial charge in [-0.15, -0.1) is 0 Å². The first-order valence-corrected chi connectivity index (χ1v) is 6.04. The normalized spacial score (nSPS) is 13.9. The Morgan fingerprint density at radius 1 is 1.42 bits per heavy atom. The van der Waals surface area contributed by atoms with Crippen molar-refractivity contribution in [3.63, 3.8) is 0 Å². The maximum absolute atomic E-state index is 11.6. The Labute approximate surface area is 111 Å². The Kier molecular flexibility index (Phi) is 5.28. The molecule has 0 fully saturated rings. The van der Waals surface area contributed by atoms with E-state index in [2.05, 4.69) is 25.8 Å². The summed E-state index contributed by atoms with van der Waals surface area (Å²) >= 11 is 0. The van der Waals surface area contributed by atoms with Crippen molar-refractivity contribution in [3.05, 3.63) is 12.2 Å². The lowest BCUT2D eigenvalue weighted by Gasteiger charge is -2.18. The van der Waals surface area contributed by atoms with Gasteiger partial charge in [0.05, 0.1) is 12.0 Å². The Bertz CT molecular complexity index is 418. The summed E-state index contributed by atoms with van der Waals surface area (Å²) in [5.41, 5.74) is 0. The minimum Gasteiger partial charge on any atom is -0.481 e. The fourth-order valence-electron chi connectivity index (χ4n) is 1.55. The van der Waals surface area contributed by atoms with Crippen molar-refractivity contribution in [2.24, 2.45) is 11.8 Å². The average Bonchev–Trinajstić information content (AvgIpc) is 2.81. The van der Waals surface area contributed by atoms with Gasteiger partial charge in [0.1, 0.15) is 12.2 Å². The molecule has 4 N–H and O–H groups in total. The molecule has 1 aromatic heterocycles. The maximum atomic E-state index is 11.6. The monoisotopic (exact) mass is 269 g/mol. The quantitative estimate of drug-likeness (QED) is 0.600. The molecule has 8 nitrogen and oxygen atoms in total. The molecule has 1 heterocycles. The van der Waals surface area contributed by atoms with Gasteiger partial charge in [-0.1, -0.05) is 13.8 Å². The summed E-state index contributed by atoms with van der Waals surface area (Å²) in [6.07, 6.45) is 1.35. The van der Waals surface area contributed by atoms with Crippen LogP contribution in [-0.2, 0) is 4.79 Å². The molecule has 2 atom stereocenters. The first kappa shape index (κ1) is 14.9. The second-order valence-corrected chi connectivity index (χ2v) is 4.64. The van der Waals surface area contributed by atoms with Crippen LogP contribution in [0, 0.1) is 11.8 Å². The lowest BCUT2D eigenvalue weighted by Crippen LogP contribution is -2.42. The van der Waals surface area contributed by atoms with E-state index in [1.807, 2.05) is 0 Å². The zero-order valence-corrected chi connectivity index (χ0v) is 11.2. The van der Waals surface area contributed by atoms with E-state index in [4.69, 9.17) is 5.11 Å². The van der Waals surface area contributed by atoms with Crippen LogP contribution in [0.3, 0.4) is 0 Å². The van der Waals surface area contributed by atoms with Crippen molar-refractivity contribution in [3.8, 4) is 0 Å². The van der Waals surface area contributed by atoms with Gasteiger partial charge in [-0.2, -0.15) is 5.10 Å². The van der Waals surface area contributed by atoms with Gasteiger partial charge >= 0.3 is 12.0 Å². The number of hydrogen-bond donors (Lipinski definition) is 4.